The second kappa shape index (κ2) is 5.88. The van der Waals surface area contributed by atoms with Crippen LogP contribution in [0.1, 0.15) is 21.5 Å². The summed E-state index contributed by atoms with van der Waals surface area (Å²) in [6.45, 7) is 5.26. The Bertz CT molecular complexity index is 937. The minimum absolute atomic E-state index is 0.0265. The predicted octanol–water partition coefficient (Wildman–Crippen LogP) is 2.49. The van der Waals surface area contributed by atoms with E-state index in [0.717, 1.165) is 28.0 Å². The number of pyridine rings is 1. The summed E-state index contributed by atoms with van der Waals surface area (Å²) in [5, 5.41) is 0. The van der Waals surface area contributed by atoms with E-state index in [9.17, 15) is 4.79 Å². The van der Waals surface area contributed by atoms with Gasteiger partial charge in [-0.15, -0.1) is 0 Å². The molecule has 2 aromatic heterocycles. The summed E-state index contributed by atoms with van der Waals surface area (Å²) >= 11 is 0. The van der Waals surface area contributed by atoms with Gasteiger partial charge in [0, 0.05) is 13.2 Å². The van der Waals surface area contributed by atoms with E-state index < -0.39 is 0 Å². The fourth-order valence-corrected chi connectivity index (χ4v) is 3.15. The fourth-order valence-electron chi connectivity index (χ4n) is 3.15. The molecule has 1 aliphatic rings. The third-order valence-electron chi connectivity index (χ3n) is 4.63. The Morgan fingerprint density at radius 3 is 2.64 bits per heavy atom. The first-order valence-electron chi connectivity index (χ1n) is 8.32. The molecule has 0 aliphatic carbocycles. The van der Waals surface area contributed by atoms with Gasteiger partial charge in [-0.05, 0) is 31.0 Å². The van der Waals surface area contributed by atoms with Gasteiger partial charge in [0.15, 0.2) is 5.65 Å². The summed E-state index contributed by atoms with van der Waals surface area (Å²) < 4.78 is 7.91. The number of carbonyl (C=O) groups excluding carboxylic acids is 1. The molecule has 0 atom stereocenters. The highest BCUT2D eigenvalue weighted by atomic mass is 16.5. The minimum atomic E-state index is -0.0265. The van der Waals surface area contributed by atoms with Crippen LogP contribution in [0.25, 0.3) is 11.2 Å². The summed E-state index contributed by atoms with van der Waals surface area (Å²) in [7, 11) is 1.88. The van der Waals surface area contributed by atoms with E-state index in [0.29, 0.717) is 18.7 Å². The first kappa shape index (κ1) is 15.6. The number of rotatable bonds is 3. The number of amides is 1. The van der Waals surface area contributed by atoms with Crippen molar-refractivity contribution in [3.05, 3.63) is 53.5 Å². The van der Waals surface area contributed by atoms with E-state index >= 15 is 0 Å². The Labute approximate surface area is 146 Å². The summed E-state index contributed by atoms with van der Waals surface area (Å²) in [6.07, 6.45) is 3.35. The van der Waals surface area contributed by atoms with Crippen LogP contribution in [0.4, 0.5) is 0 Å². The molecule has 3 aromatic rings. The van der Waals surface area contributed by atoms with Gasteiger partial charge in [0.2, 0.25) is 0 Å². The number of para-hydroxylation sites is 1. The maximum absolute atomic E-state index is 12.6. The smallest absolute Gasteiger partial charge is 0.255 e. The zero-order valence-electron chi connectivity index (χ0n) is 14.6. The summed E-state index contributed by atoms with van der Waals surface area (Å²) in [5.41, 5.74) is 4.31. The van der Waals surface area contributed by atoms with Crippen molar-refractivity contribution in [2.75, 3.05) is 13.1 Å². The first-order valence-corrected chi connectivity index (χ1v) is 8.32. The van der Waals surface area contributed by atoms with Gasteiger partial charge in [0.1, 0.15) is 17.4 Å². The van der Waals surface area contributed by atoms with Crippen LogP contribution in [-0.2, 0) is 7.05 Å². The maximum atomic E-state index is 12.6. The molecular formula is C19H20N4O2. The summed E-state index contributed by atoms with van der Waals surface area (Å²) in [6, 6.07) is 7.90. The average Bonchev–Trinajstić information content (AvgIpc) is 2.93. The summed E-state index contributed by atoms with van der Waals surface area (Å²) in [5.74, 6) is 0.901. The number of aromatic nitrogens is 3. The Kier molecular flexibility index (Phi) is 3.67. The van der Waals surface area contributed by atoms with Crippen LogP contribution < -0.4 is 4.74 Å². The maximum Gasteiger partial charge on any atom is 0.255 e. The van der Waals surface area contributed by atoms with Crippen LogP contribution >= 0.6 is 0 Å². The Balaban J connectivity index is 1.43. The normalized spacial score (nSPS) is 14.6. The predicted molar refractivity (Wildman–Crippen MR) is 94.7 cm³/mol. The van der Waals surface area contributed by atoms with Crippen molar-refractivity contribution in [1.82, 2.24) is 19.4 Å². The van der Waals surface area contributed by atoms with Crippen molar-refractivity contribution in [3.8, 4) is 5.75 Å². The third kappa shape index (κ3) is 2.73. The number of hydrogen-bond donors (Lipinski definition) is 0. The molecule has 0 spiro atoms. The van der Waals surface area contributed by atoms with Crippen LogP contribution in [0.3, 0.4) is 0 Å². The minimum Gasteiger partial charge on any atom is -0.486 e. The lowest BCUT2D eigenvalue weighted by molar-refractivity contribution is 0.0173. The van der Waals surface area contributed by atoms with Crippen molar-refractivity contribution in [2.45, 2.75) is 20.0 Å². The highest BCUT2D eigenvalue weighted by Crippen LogP contribution is 2.26. The monoisotopic (exact) mass is 336 g/mol. The first-order chi connectivity index (χ1) is 12.0. The standard InChI is InChI=1S/C19H20N4O2/c1-12-5-4-6-13(2)17(12)25-15-9-23(10-15)19(24)14-7-16-18(20-8-14)22(3)11-21-16/h4-8,11,15H,9-10H2,1-3H3. The Morgan fingerprint density at radius 1 is 1.20 bits per heavy atom. The molecule has 6 heteroatoms. The quantitative estimate of drug-likeness (QED) is 0.737. The number of nitrogens with zero attached hydrogens (tertiary/aromatic N) is 4. The van der Waals surface area contributed by atoms with E-state index in [1.54, 1.807) is 23.5 Å². The number of ether oxygens (including phenoxy) is 1. The number of imidazole rings is 1. The van der Waals surface area contributed by atoms with Crippen LogP contribution in [0, 0.1) is 13.8 Å². The van der Waals surface area contributed by atoms with Gasteiger partial charge < -0.3 is 14.2 Å². The molecule has 4 rings (SSSR count). The number of likely N-dealkylation sites (tertiary alicyclic amines) is 1. The largest absolute Gasteiger partial charge is 0.486 e. The molecular weight excluding hydrogens is 316 g/mol. The molecule has 1 aliphatic heterocycles. The summed E-state index contributed by atoms with van der Waals surface area (Å²) in [4.78, 5) is 23.0. The van der Waals surface area contributed by atoms with E-state index in [2.05, 4.69) is 9.97 Å². The van der Waals surface area contributed by atoms with Gasteiger partial charge in [0.25, 0.3) is 5.91 Å². The van der Waals surface area contributed by atoms with Crippen LogP contribution in [0.5, 0.6) is 5.75 Å². The van der Waals surface area contributed by atoms with Gasteiger partial charge >= 0.3 is 0 Å². The van der Waals surface area contributed by atoms with Gasteiger partial charge in [0.05, 0.1) is 25.0 Å². The Hall–Kier alpha value is -2.89. The van der Waals surface area contributed by atoms with E-state index in [1.807, 2.05) is 43.7 Å². The molecule has 6 nitrogen and oxygen atoms in total. The molecule has 1 saturated heterocycles. The fraction of sp³-hybridized carbons (Fsp3) is 0.316. The van der Waals surface area contributed by atoms with Gasteiger partial charge in [-0.2, -0.15) is 0 Å². The molecule has 0 saturated carbocycles. The number of hydrogen-bond acceptors (Lipinski definition) is 4. The van der Waals surface area contributed by atoms with Crippen LogP contribution in [0.2, 0.25) is 0 Å². The van der Waals surface area contributed by atoms with E-state index in [1.165, 1.54) is 0 Å². The Morgan fingerprint density at radius 2 is 1.92 bits per heavy atom. The highest BCUT2D eigenvalue weighted by molar-refractivity contribution is 5.96. The molecule has 1 aromatic carbocycles. The third-order valence-corrected chi connectivity index (χ3v) is 4.63. The molecule has 0 N–H and O–H groups in total. The van der Waals surface area contributed by atoms with Crippen LogP contribution in [-0.4, -0.2) is 44.5 Å². The second-order valence-corrected chi connectivity index (χ2v) is 6.59. The topological polar surface area (TPSA) is 60.2 Å². The van der Waals surface area contributed by atoms with Crippen molar-refractivity contribution in [3.63, 3.8) is 0 Å². The lowest BCUT2D eigenvalue weighted by atomic mass is 10.1. The SMILES string of the molecule is Cc1cccc(C)c1OC1CN(C(=O)c2cnc3c(c2)ncn3C)C1. The molecule has 0 bridgehead atoms. The van der Waals surface area contributed by atoms with Gasteiger partial charge in [-0.25, -0.2) is 9.97 Å². The number of carbonyl (C=O) groups is 1. The van der Waals surface area contributed by atoms with Gasteiger partial charge in [-0.1, -0.05) is 18.2 Å². The molecule has 25 heavy (non-hydrogen) atoms. The van der Waals surface area contributed by atoms with E-state index in [-0.39, 0.29) is 12.0 Å². The molecule has 3 heterocycles. The molecule has 1 amide bonds. The molecule has 0 radical (unpaired) electrons. The zero-order valence-corrected chi connectivity index (χ0v) is 14.6. The second-order valence-electron chi connectivity index (χ2n) is 6.59. The molecule has 1 fully saturated rings. The molecule has 128 valence electrons. The molecule has 0 unspecified atom stereocenters. The van der Waals surface area contributed by atoms with Crippen LogP contribution in [0.15, 0.2) is 36.8 Å². The highest BCUT2D eigenvalue weighted by Gasteiger charge is 2.33. The lowest BCUT2D eigenvalue weighted by Gasteiger charge is -2.39. The van der Waals surface area contributed by atoms with Crippen molar-refractivity contribution < 1.29 is 9.53 Å². The number of aryl methyl sites for hydroxylation is 3. The number of benzene rings is 1. The van der Waals surface area contributed by atoms with Crippen molar-refractivity contribution >= 4 is 17.1 Å². The average molecular weight is 336 g/mol. The lowest BCUT2D eigenvalue weighted by Crippen LogP contribution is -2.56. The zero-order chi connectivity index (χ0) is 17.6. The van der Waals surface area contributed by atoms with E-state index in [4.69, 9.17) is 4.74 Å². The number of fused-ring (bicyclic) bond motifs is 1. The van der Waals surface area contributed by atoms with Gasteiger partial charge in [-0.3, -0.25) is 4.79 Å². The van der Waals surface area contributed by atoms with Crippen molar-refractivity contribution in [2.24, 2.45) is 7.05 Å². The van der Waals surface area contributed by atoms with Crippen molar-refractivity contribution in [1.29, 1.82) is 0 Å².